The van der Waals surface area contributed by atoms with Crippen molar-refractivity contribution in [1.29, 1.82) is 0 Å². The highest BCUT2D eigenvalue weighted by Crippen LogP contribution is 2.21. The highest BCUT2D eigenvalue weighted by Gasteiger charge is 2.34. The summed E-state index contributed by atoms with van der Waals surface area (Å²) in [6.45, 7) is 1.01. The normalized spacial score (nSPS) is 15.0. The summed E-state index contributed by atoms with van der Waals surface area (Å²) in [5.41, 5.74) is 3.14. The summed E-state index contributed by atoms with van der Waals surface area (Å²) in [7, 11) is -3.73. The van der Waals surface area contributed by atoms with E-state index < -0.39 is 10.0 Å². The number of nitrogens with one attached hydrogen (secondary N) is 1. The fourth-order valence-electron chi connectivity index (χ4n) is 4.04. The van der Waals surface area contributed by atoms with Crippen LogP contribution >= 0.6 is 12.4 Å². The van der Waals surface area contributed by atoms with E-state index in [1.165, 1.54) is 4.31 Å². The molecule has 1 aliphatic heterocycles. The molecule has 1 saturated heterocycles. The first-order valence-electron chi connectivity index (χ1n) is 11.3. The number of hydrogen-bond donors (Lipinski definition) is 2. The SMILES string of the molecule is Cl.O=C(c1ccc(-c2ccccn2)cc1)[NH+]1CCN(S(=O)(=O)/C(=C/c2ccccc2)CCO)CC1.[Cl-]. The van der Waals surface area contributed by atoms with Crippen LogP contribution in [0.4, 0.5) is 0 Å². The van der Waals surface area contributed by atoms with Gasteiger partial charge in [-0.15, -0.1) is 12.4 Å². The molecule has 0 radical (unpaired) electrons. The molecule has 1 aromatic heterocycles. The fraction of sp³-hybridized carbons (Fsp3) is 0.231. The number of carbonyl (C=O) groups excluding carboxylic acids is 1. The van der Waals surface area contributed by atoms with Gasteiger partial charge in [0.25, 0.3) is 0 Å². The molecule has 0 atom stereocenters. The van der Waals surface area contributed by atoms with Crippen LogP contribution in [0.25, 0.3) is 17.3 Å². The summed E-state index contributed by atoms with van der Waals surface area (Å²) < 4.78 is 27.9. The minimum absolute atomic E-state index is 0. The third kappa shape index (κ3) is 7.00. The Morgan fingerprint density at radius 2 is 1.61 bits per heavy atom. The Morgan fingerprint density at radius 3 is 2.19 bits per heavy atom. The van der Waals surface area contributed by atoms with E-state index in [4.69, 9.17) is 0 Å². The maximum absolute atomic E-state index is 13.2. The van der Waals surface area contributed by atoms with Crippen LogP contribution < -0.4 is 17.3 Å². The molecule has 36 heavy (non-hydrogen) atoms. The zero-order chi connectivity index (χ0) is 24.0. The van der Waals surface area contributed by atoms with Crippen molar-refractivity contribution < 1.29 is 35.6 Å². The molecule has 0 saturated carbocycles. The summed E-state index contributed by atoms with van der Waals surface area (Å²) in [6, 6.07) is 22.2. The molecular weight excluding hydrogens is 521 g/mol. The van der Waals surface area contributed by atoms with Gasteiger partial charge in [-0.3, -0.25) is 9.88 Å². The molecule has 0 spiro atoms. The highest BCUT2D eigenvalue weighted by molar-refractivity contribution is 7.93. The summed E-state index contributed by atoms with van der Waals surface area (Å²) in [4.78, 5) is 18.3. The smallest absolute Gasteiger partial charge is 0.344 e. The van der Waals surface area contributed by atoms with Crippen LogP contribution in [0.3, 0.4) is 0 Å². The number of aliphatic hydroxyl groups excluding tert-OH is 1. The molecule has 2 aromatic carbocycles. The van der Waals surface area contributed by atoms with E-state index in [9.17, 15) is 18.3 Å². The van der Waals surface area contributed by atoms with Gasteiger partial charge >= 0.3 is 5.91 Å². The van der Waals surface area contributed by atoms with E-state index in [1.54, 1.807) is 24.4 Å². The van der Waals surface area contributed by atoms with E-state index in [0.29, 0.717) is 18.7 Å². The third-order valence-electron chi connectivity index (χ3n) is 5.91. The number of nitrogens with zero attached hydrogens (tertiary/aromatic N) is 2. The first-order valence-corrected chi connectivity index (χ1v) is 12.7. The maximum atomic E-state index is 13.2. The molecule has 2 N–H and O–H groups in total. The Hall–Kier alpha value is -2.59. The number of amides is 1. The van der Waals surface area contributed by atoms with Gasteiger partial charge in [0.15, 0.2) is 0 Å². The summed E-state index contributed by atoms with van der Waals surface area (Å²) in [6.07, 6.45) is 3.39. The van der Waals surface area contributed by atoms with Gasteiger partial charge in [0.1, 0.15) is 0 Å². The van der Waals surface area contributed by atoms with Gasteiger partial charge in [-0.1, -0.05) is 48.5 Å². The second-order valence-corrected chi connectivity index (χ2v) is 10.1. The number of carbonyl (C=O) groups is 1. The topological polar surface area (TPSA) is 92.0 Å². The number of pyridine rings is 1. The monoisotopic (exact) mass is 549 g/mol. The van der Waals surface area contributed by atoms with Gasteiger partial charge in [-0.25, -0.2) is 13.2 Å². The molecule has 0 aliphatic carbocycles. The van der Waals surface area contributed by atoms with Crippen LogP contribution in [0.2, 0.25) is 0 Å². The molecule has 4 rings (SSSR count). The molecule has 1 aliphatic rings. The average molecular weight is 551 g/mol. The zero-order valence-electron chi connectivity index (χ0n) is 19.6. The molecule has 10 heteroatoms. The number of sulfonamides is 1. The molecule has 3 aromatic rings. The first-order chi connectivity index (χ1) is 16.5. The number of benzene rings is 2. The summed E-state index contributed by atoms with van der Waals surface area (Å²) in [5.74, 6) is -0.0416. The van der Waals surface area contributed by atoms with Gasteiger partial charge in [0, 0.05) is 24.8 Å². The predicted molar refractivity (Wildman–Crippen MR) is 139 cm³/mol. The van der Waals surface area contributed by atoms with Crippen molar-refractivity contribution in [1.82, 2.24) is 9.29 Å². The maximum Gasteiger partial charge on any atom is 0.344 e. The van der Waals surface area contributed by atoms with Crippen LogP contribution in [0, 0.1) is 0 Å². The molecular formula is C26H29Cl2N3O4S. The lowest BCUT2D eigenvalue weighted by atomic mass is 10.1. The molecule has 7 nitrogen and oxygen atoms in total. The number of aliphatic hydroxyl groups is 1. The standard InChI is InChI=1S/C26H27N3O4S.2ClH/c30-19-13-24(20-21-6-2-1-3-7-21)34(32,33)29-17-15-28(16-18-29)26(31)23-11-9-22(10-12-23)25-8-4-5-14-27-25;;/h1-12,14,20,30H,13,15-19H2;2*1H/b24-20+;;. The second kappa shape index (κ2) is 13.6. The van der Waals surface area contributed by atoms with E-state index in [2.05, 4.69) is 4.98 Å². The van der Waals surface area contributed by atoms with Gasteiger partial charge in [-0.2, -0.15) is 4.31 Å². The second-order valence-electron chi connectivity index (χ2n) is 8.12. The third-order valence-corrected chi connectivity index (χ3v) is 7.94. The molecule has 192 valence electrons. The van der Waals surface area contributed by atoms with E-state index in [-0.39, 0.29) is 61.7 Å². The van der Waals surface area contributed by atoms with E-state index >= 15 is 0 Å². The Morgan fingerprint density at radius 1 is 0.972 bits per heavy atom. The summed E-state index contributed by atoms with van der Waals surface area (Å²) in [5, 5.41) is 9.43. The van der Waals surface area contributed by atoms with Crippen molar-refractivity contribution in [3.8, 4) is 11.3 Å². The summed E-state index contributed by atoms with van der Waals surface area (Å²) >= 11 is 0. The van der Waals surface area contributed by atoms with Gasteiger partial charge in [0.05, 0.1) is 42.3 Å². The lowest BCUT2D eigenvalue weighted by molar-refractivity contribution is -0.818. The lowest BCUT2D eigenvalue weighted by Gasteiger charge is -2.30. The lowest BCUT2D eigenvalue weighted by Crippen LogP contribution is -3.17. The number of piperazine rings is 1. The Kier molecular flexibility index (Phi) is 11.2. The molecule has 1 fully saturated rings. The van der Waals surface area contributed by atoms with Crippen LogP contribution in [-0.4, -0.2) is 61.5 Å². The zero-order valence-corrected chi connectivity index (χ0v) is 22.0. The van der Waals surface area contributed by atoms with Gasteiger partial charge in [0.2, 0.25) is 10.0 Å². The van der Waals surface area contributed by atoms with Crippen LogP contribution in [-0.2, 0) is 10.0 Å². The highest BCUT2D eigenvalue weighted by atomic mass is 35.5. The Balaban J connectivity index is 0.00000228. The van der Waals surface area contributed by atoms with Crippen molar-refractivity contribution in [3.05, 3.63) is 95.0 Å². The van der Waals surface area contributed by atoms with Gasteiger partial charge in [-0.05, 0) is 35.9 Å². The van der Waals surface area contributed by atoms with Crippen molar-refractivity contribution in [2.45, 2.75) is 6.42 Å². The van der Waals surface area contributed by atoms with E-state index in [1.807, 2.05) is 60.7 Å². The largest absolute Gasteiger partial charge is 1.00 e. The van der Waals surface area contributed by atoms with Crippen molar-refractivity contribution in [3.63, 3.8) is 0 Å². The minimum atomic E-state index is -3.73. The fourth-order valence-corrected chi connectivity index (χ4v) is 5.67. The van der Waals surface area contributed by atoms with Crippen LogP contribution in [0.5, 0.6) is 0 Å². The number of quaternary nitrogens is 1. The minimum Gasteiger partial charge on any atom is -1.00 e. The van der Waals surface area contributed by atoms with Crippen LogP contribution in [0.15, 0.2) is 83.9 Å². The average Bonchev–Trinajstić information content (AvgIpc) is 2.89. The predicted octanol–water partition coefficient (Wildman–Crippen LogP) is -0.732. The number of halogens is 2. The number of aromatic nitrogens is 1. The Bertz CT molecular complexity index is 1250. The first kappa shape index (κ1) is 29.6. The van der Waals surface area contributed by atoms with Crippen LogP contribution in [0.1, 0.15) is 22.3 Å². The van der Waals surface area contributed by atoms with Crippen molar-refractivity contribution >= 4 is 34.4 Å². The quantitative estimate of drug-likeness (QED) is 0.405. The Labute approximate surface area is 224 Å². The van der Waals surface area contributed by atoms with Crippen molar-refractivity contribution in [2.24, 2.45) is 0 Å². The van der Waals surface area contributed by atoms with Gasteiger partial charge < -0.3 is 17.5 Å². The van der Waals surface area contributed by atoms with E-state index in [0.717, 1.165) is 21.7 Å². The number of hydrogen-bond acceptors (Lipinski definition) is 5. The molecule has 2 heterocycles. The number of rotatable bonds is 7. The molecule has 0 unspecified atom stereocenters. The molecule has 1 amide bonds. The molecule has 0 bridgehead atoms. The van der Waals surface area contributed by atoms with Crippen molar-refractivity contribution in [2.75, 3.05) is 32.8 Å².